The van der Waals surface area contributed by atoms with Crippen molar-refractivity contribution in [1.29, 1.82) is 0 Å². The Morgan fingerprint density at radius 3 is 2.07 bits per heavy atom. The van der Waals surface area contributed by atoms with Crippen molar-refractivity contribution in [2.75, 3.05) is 0 Å². The zero-order valence-corrected chi connectivity index (χ0v) is 10.3. The van der Waals surface area contributed by atoms with Crippen LogP contribution in [0.5, 0.6) is 0 Å². The number of Topliss-reactive ketones (excluding diaryl/α,β-unsaturated/α-hetero) is 1. The average molecular weight is 217 g/mol. The summed E-state index contributed by atoms with van der Waals surface area (Å²) in [6, 6.07) is -0.249. The minimum absolute atomic E-state index is 0.0368. The quantitative estimate of drug-likeness (QED) is 0.730. The first-order valence-corrected chi connectivity index (χ1v) is 5.23. The summed E-state index contributed by atoms with van der Waals surface area (Å²) in [4.78, 5) is 11.2. The molecule has 0 fully saturated rings. The van der Waals surface area contributed by atoms with E-state index >= 15 is 0 Å². The monoisotopic (exact) mass is 217 g/mol. The largest absolute Gasteiger partial charge is 0.468 e. The second-order valence-corrected chi connectivity index (χ2v) is 4.30. The summed E-state index contributed by atoms with van der Waals surface area (Å²) in [6.07, 6.45) is 0.0368. The maximum atomic E-state index is 11.2. The van der Waals surface area contributed by atoms with Crippen LogP contribution in [-0.4, -0.2) is 23.1 Å². The Bertz CT molecular complexity index is 214. The van der Waals surface area contributed by atoms with Crippen molar-refractivity contribution < 1.29 is 9.53 Å². The van der Waals surface area contributed by atoms with Crippen LogP contribution in [0.4, 0.5) is 0 Å². The molecule has 0 aliphatic heterocycles. The van der Waals surface area contributed by atoms with Crippen LogP contribution in [0.3, 0.4) is 0 Å². The summed E-state index contributed by atoms with van der Waals surface area (Å²) < 4.78 is 5.25. The van der Waals surface area contributed by atoms with Gasteiger partial charge in [0.1, 0.15) is 0 Å². The lowest BCUT2D eigenvalue weighted by atomic mass is 10.0. The van der Waals surface area contributed by atoms with Gasteiger partial charge in [0.2, 0.25) is 0 Å². The first kappa shape index (κ1) is 13.4. The van der Waals surface area contributed by atoms with E-state index in [0.29, 0.717) is 5.17 Å². The van der Waals surface area contributed by atoms with Gasteiger partial charge >= 0.3 is 0 Å². The van der Waals surface area contributed by atoms with Crippen molar-refractivity contribution in [3.05, 3.63) is 0 Å². The zero-order valence-electron chi connectivity index (χ0n) is 9.46. The summed E-state index contributed by atoms with van der Waals surface area (Å²) >= 11 is 4.96. The van der Waals surface area contributed by atoms with Gasteiger partial charge < -0.3 is 10.1 Å². The van der Waals surface area contributed by atoms with Crippen molar-refractivity contribution in [1.82, 2.24) is 5.32 Å². The van der Waals surface area contributed by atoms with E-state index in [1.165, 1.54) is 0 Å². The predicted molar refractivity (Wildman–Crippen MR) is 61.3 cm³/mol. The van der Waals surface area contributed by atoms with E-state index in [1.807, 2.05) is 27.7 Å². The summed E-state index contributed by atoms with van der Waals surface area (Å²) in [6.45, 7) is 9.28. The van der Waals surface area contributed by atoms with Gasteiger partial charge in [0.05, 0.1) is 12.1 Å². The number of ketones is 1. The predicted octanol–water partition coefficient (Wildman–Crippen LogP) is 1.90. The lowest BCUT2D eigenvalue weighted by Crippen LogP contribution is -2.44. The van der Waals surface area contributed by atoms with Crippen LogP contribution in [0.1, 0.15) is 34.6 Å². The van der Waals surface area contributed by atoms with Gasteiger partial charge in [-0.2, -0.15) is 0 Å². The number of hydrogen-bond donors (Lipinski definition) is 1. The van der Waals surface area contributed by atoms with E-state index in [2.05, 4.69) is 5.32 Å². The summed E-state index contributed by atoms with van der Waals surface area (Å²) in [5, 5.41) is 3.21. The molecule has 0 radical (unpaired) electrons. The number of thiocarbonyl (C=S) groups is 1. The van der Waals surface area contributed by atoms with E-state index in [9.17, 15) is 4.79 Å². The van der Waals surface area contributed by atoms with Gasteiger partial charge in [0.25, 0.3) is 5.17 Å². The Morgan fingerprint density at radius 2 is 1.79 bits per heavy atom. The van der Waals surface area contributed by atoms with Gasteiger partial charge in [0, 0.05) is 0 Å². The second-order valence-electron chi connectivity index (χ2n) is 3.93. The Morgan fingerprint density at radius 1 is 1.29 bits per heavy atom. The Hall–Kier alpha value is -0.640. The van der Waals surface area contributed by atoms with Crippen LogP contribution in [0, 0.1) is 5.92 Å². The summed E-state index contributed by atoms with van der Waals surface area (Å²) in [5.41, 5.74) is 0. The van der Waals surface area contributed by atoms with Gasteiger partial charge in [-0.3, -0.25) is 4.79 Å². The Labute approximate surface area is 91.2 Å². The number of nitrogens with one attached hydrogen (secondary N) is 1. The SMILES string of the molecule is CC(=O)[C@@H](NC(=S)OC(C)C)C(C)C. The lowest BCUT2D eigenvalue weighted by molar-refractivity contribution is -0.119. The van der Waals surface area contributed by atoms with Crippen LogP contribution in [0.2, 0.25) is 0 Å². The molecule has 14 heavy (non-hydrogen) atoms. The minimum atomic E-state index is -0.249. The second kappa shape index (κ2) is 5.96. The highest BCUT2D eigenvalue weighted by Gasteiger charge is 2.19. The van der Waals surface area contributed by atoms with Gasteiger partial charge in [-0.05, 0) is 38.9 Å². The number of carbonyl (C=O) groups excluding carboxylic acids is 1. The fraction of sp³-hybridized carbons (Fsp3) is 0.800. The molecule has 0 aliphatic rings. The van der Waals surface area contributed by atoms with E-state index in [-0.39, 0.29) is 23.8 Å². The van der Waals surface area contributed by atoms with Crippen LogP contribution >= 0.6 is 12.2 Å². The van der Waals surface area contributed by atoms with E-state index in [4.69, 9.17) is 17.0 Å². The molecule has 0 rings (SSSR count). The van der Waals surface area contributed by atoms with Crippen LogP contribution in [-0.2, 0) is 9.53 Å². The number of hydrogen-bond acceptors (Lipinski definition) is 3. The number of rotatable bonds is 4. The fourth-order valence-electron chi connectivity index (χ4n) is 1.11. The molecule has 0 amide bonds. The molecule has 1 atom stereocenters. The van der Waals surface area contributed by atoms with Gasteiger partial charge in [-0.25, -0.2) is 0 Å². The molecule has 0 aromatic heterocycles. The Balaban J connectivity index is 4.17. The van der Waals surface area contributed by atoms with Gasteiger partial charge in [-0.15, -0.1) is 0 Å². The fourth-order valence-corrected chi connectivity index (χ4v) is 1.43. The van der Waals surface area contributed by atoms with E-state index in [1.54, 1.807) is 6.92 Å². The average Bonchev–Trinajstić information content (AvgIpc) is 1.97. The molecule has 0 saturated carbocycles. The van der Waals surface area contributed by atoms with Gasteiger partial charge in [-0.1, -0.05) is 13.8 Å². The molecule has 0 unspecified atom stereocenters. The van der Waals surface area contributed by atoms with Crippen LogP contribution < -0.4 is 5.32 Å². The molecule has 0 heterocycles. The molecule has 3 nitrogen and oxygen atoms in total. The molecular formula is C10H19NO2S. The molecule has 4 heteroatoms. The van der Waals surface area contributed by atoms with Crippen molar-refractivity contribution >= 4 is 23.2 Å². The maximum absolute atomic E-state index is 11.2. The highest BCUT2D eigenvalue weighted by atomic mass is 32.1. The Kier molecular flexibility index (Phi) is 5.69. The third kappa shape index (κ3) is 5.17. The maximum Gasteiger partial charge on any atom is 0.257 e. The third-order valence-corrected chi connectivity index (χ3v) is 1.93. The summed E-state index contributed by atoms with van der Waals surface area (Å²) in [5.74, 6) is 0.288. The minimum Gasteiger partial charge on any atom is -0.468 e. The van der Waals surface area contributed by atoms with E-state index < -0.39 is 0 Å². The topological polar surface area (TPSA) is 38.3 Å². The van der Waals surface area contributed by atoms with Gasteiger partial charge in [0.15, 0.2) is 5.78 Å². The van der Waals surface area contributed by atoms with E-state index in [0.717, 1.165) is 0 Å². The molecule has 82 valence electrons. The molecule has 0 aliphatic carbocycles. The first-order chi connectivity index (χ1) is 6.34. The van der Waals surface area contributed by atoms with Crippen LogP contribution in [0.25, 0.3) is 0 Å². The molecule has 0 aromatic rings. The standard InChI is InChI=1S/C10H19NO2S/c1-6(2)9(8(5)12)11-10(14)13-7(3)4/h6-7,9H,1-5H3,(H,11,14)/t9-/m0/s1. The zero-order chi connectivity index (χ0) is 11.3. The molecular weight excluding hydrogens is 198 g/mol. The lowest BCUT2D eigenvalue weighted by Gasteiger charge is -2.21. The smallest absolute Gasteiger partial charge is 0.257 e. The molecule has 0 aromatic carbocycles. The summed E-state index contributed by atoms with van der Waals surface area (Å²) in [7, 11) is 0. The normalized spacial score (nSPS) is 12.8. The number of carbonyl (C=O) groups is 1. The number of ether oxygens (including phenoxy) is 1. The van der Waals surface area contributed by atoms with Crippen molar-refractivity contribution in [2.45, 2.75) is 46.8 Å². The van der Waals surface area contributed by atoms with Crippen molar-refractivity contribution in [3.63, 3.8) is 0 Å². The molecule has 0 saturated heterocycles. The third-order valence-electron chi connectivity index (χ3n) is 1.72. The van der Waals surface area contributed by atoms with Crippen molar-refractivity contribution in [3.8, 4) is 0 Å². The van der Waals surface area contributed by atoms with Crippen molar-refractivity contribution in [2.24, 2.45) is 5.92 Å². The first-order valence-electron chi connectivity index (χ1n) is 4.82. The molecule has 0 spiro atoms. The molecule has 1 N–H and O–H groups in total. The highest BCUT2D eigenvalue weighted by Crippen LogP contribution is 2.03. The highest BCUT2D eigenvalue weighted by molar-refractivity contribution is 7.80. The van der Waals surface area contributed by atoms with Crippen LogP contribution in [0.15, 0.2) is 0 Å². The molecule has 0 bridgehead atoms.